The zero-order valence-corrected chi connectivity index (χ0v) is 27.3. The van der Waals surface area contributed by atoms with E-state index in [-0.39, 0.29) is 25.9 Å². The van der Waals surface area contributed by atoms with Gasteiger partial charge in [0, 0.05) is 13.1 Å². The first-order chi connectivity index (χ1) is 19.2. The molecule has 0 aliphatic carbocycles. The van der Waals surface area contributed by atoms with Gasteiger partial charge in [0.25, 0.3) is 7.15 Å². The third-order valence-corrected chi connectivity index (χ3v) is 9.60. The van der Waals surface area contributed by atoms with Gasteiger partial charge in [0.05, 0.1) is 0 Å². The standard InChI is InChI=1S/C20H33N2O14P5S/c23-38(24,25)13-21(14-39(26,27)28)11-9-17-1-5-19(6-2-17)35-37(42)36-20-7-3-18(4-8-20)10-12-22(15-40(29,30)31)16-41(32,33)34/h1-8,37H,9-16H2,(H2,23,24,25)(H2,26,27,28)(H2,29,30,31)(H2,32,33,34). The monoisotopic (exact) mass is 712 g/mol. The number of benzene rings is 2. The summed E-state index contributed by atoms with van der Waals surface area (Å²) in [6.45, 7) is -0.00598. The van der Waals surface area contributed by atoms with Gasteiger partial charge in [-0.25, -0.2) is 0 Å². The van der Waals surface area contributed by atoms with Crippen molar-refractivity contribution in [3.05, 3.63) is 59.7 Å². The van der Waals surface area contributed by atoms with Gasteiger partial charge in [0.1, 0.15) is 36.6 Å². The molecule has 0 saturated heterocycles. The summed E-state index contributed by atoms with van der Waals surface area (Å²) in [6, 6.07) is 13.1. The van der Waals surface area contributed by atoms with Gasteiger partial charge in [0.15, 0.2) is 0 Å². The van der Waals surface area contributed by atoms with Gasteiger partial charge in [-0.3, -0.25) is 28.1 Å². The van der Waals surface area contributed by atoms with Crippen LogP contribution in [0.1, 0.15) is 11.1 Å². The van der Waals surface area contributed by atoms with E-state index in [0.29, 0.717) is 11.5 Å². The molecule has 22 heteroatoms. The van der Waals surface area contributed by atoms with E-state index in [1.807, 2.05) is 0 Å². The molecule has 0 aromatic heterocycles. The normalized spacial score (nSPS) is 13.2. The first-order valence-corrected chi connectivity index (χ1v) is 21.5. The largest absolute Gasteiger partial charge is 0.437 e. The summed E-state index contributed by atoms with van der Waals surface area (Å²) in [4.78, 5) is 75.3. The second-order valence-electron chi connectivity index (χ2n) is 9.26. The van der Waals surface area contributed by atoms with E-state index in [2.05, 4.69) is 0 Å². The van der Waals surface area contributed by atoms with Gasteiger partial charge in [-0.15, -0.1) is 0 Å². The lowest BCUT2D eigenvalue weighted by Crippen LogP contribution is -2.28. The molecule has 0 unspecified atom stereocenters. The zero-order chi connectivity index (χ0) is 31.8. The van der Waals surface area contributed by atoms with Crippen molar-refractivity contribution in [3.63, 3.8) is 0 Å². The van der Waals surface area contributed by atoms with Crippen molar-refractivity contribution in [1.82, 2.24) is 9.80 Å². The summed E-state index contributed by atoms with van der Waals surface area (Å²) in [5.41, 5.74) is 1.44. The van der Waals surface area contributed by atoms with Crippen molar-refractivity contribution in [2.24, 2.45) is 0 Å². The zero-order valence-electron chi connectivity index (χ0n) is 21.9. The van der Waals surface area contributed by atoms with Crippen molar-refractivity contribution >= 4 is 49.3 Å². The van der Waals surface area contributed by atoms with Gasteiger partial charge >= 0.3 is 30.4 Å². The van der Waals surface area contributed by atoms with Crippen molar-refractivity contribution < 1.29 is 66.5 Å². The Hall–Kier alpha value is -0.790. The minimum atomic E-state index is -4.52. The second kappa shape index (κ2) is 16.0. The van der Waals surface area contributed by atoms with Crippen LogP contribution >= 0.6 is 37.5 Å². The lowest BCUT2D eigenvalue weighted by atomic mass is 10.1. The molecular weight excluding hydrogens is 679 g/mol. The van der Waals surface area contributed by atoms with E-state index in [1.165, 1.54) is 0 Å². The SMILES string of the molecule is O=P(O)(O)CN(CCc1ccc(O[PH](=S)Oc2ccc(CCN(CP(=O)(O)O)CP(=O)(O)O)cc2)cc1)CP(=O)(O)O. The highest BCUT2D eigenvalue weighted by molar-refractivity contribution is 8.01. The van der Waals surface area contributed by atoms with E-state index < -0.39 is 62.7 Å². The lowest BCUT2D eigenvalue weighted by Gasteiger charge is -2.23. The minimum Gasteiger partial charge on any atom is -0.437 e. The molecule has 42 heavy (non-hydrogen) atoms. The average molecular weight is 712 g/mol. The van der Waals surface area contributed by atoms with Crippen LogP contribution in [-0.2, 0) is 42.9 Å². The molecule has 0 fully saturated rings. The fourth-order valence-corrected chi connectivity index (χ4v) is 8.29. The van der Waals surface area contributed by atoms with Gasteiger partial charge in [0.2, 0.25) is 0 Å². The summed E-state index contributed by atoms with van der Waals surface area (Å²) in [5.74, 6) is 0.800. The Morgan fingerprint density at radius 3 is 1.05 bits per heavy atom. The van der Waals surface area contributed by atoms with Crippen LogP contribution in [0.3, 0.4) is 0 Å². The molecule has 2 aromatic rings. The first kappa shape index (κ1) is 37.4. The summed E-state index contributed by atoms with van der Waals surface area (Å²) in [5, 5.41) is 0. The summed E-state index contributed by atoms with van der Waals surface area (Å²) in [6.07, 6.45) is -2.64. The first-order valence-electron chi connectivity index (χ1n) is 11.9. The minimum absolute atomic E-state index is 0.00299. The molecule has 0 heterocycles. The molecule has 0 bridgehead atoms. The highest BCUT2D eigenvalue weighted by Gasteiger charge is 2.26. The van der Waals surface area contributed by atoms with Crippen LogP contribution in [0.15, 0.2) is 48.5 Å². The van der Waals surface area contributed by atoms with Gasteiger partial charge in [-0.05, 0) is 60.0 Å². The maximum absolute atomic E-state index is 11.3. The summed E-state index contributed by atoms with van der Waals surface area (Å²) < 4.78 is 56.5. The quantitative estimate of drug-likeness (QED) is 0.103. The van der Waals surface area contributed by atoms with Crippen LogP contribution in [0, 0.1) is 0 Å². The number of hydrogen-bond donors (Lipinski definition) is 8. The van der Waals surface area contributed by atoms with Crippen molar-refractivity contribution in [3.8, 4) is 11.5 Å². The molecule has 2 rings (SSSR count). The Labute approximate surface area is 247 Å². The number of nitrogens with zero attached hydrogens (tertiary/aromatic N) is 2. The molecule has 0 aliphatic rings. The van der Waals surface area contributed by atoms with E-state index in [1.54, 1.807) is 48.5 Å². The van der Waals surface area contributed by atoms with Gasteiger partial charge in [-0.1, -0.05) is 24.3 Å². The average Bonchev–Trinajstić information content (AvgIpc) is 2.79. The molecule has 0 amide bonds. The number of rotatable bonds is 18. The molecule has 0 spiro atoms. The van der Waals surface area contributed by atoms with Crippen LogP contribution < -0.4 is 9.05 Å². The van der Waals surface area contributed by atoms with E-state index in [0.717, 1.165) is 20.9 Å². The third-order valence-electron chi connectivity index (χ3n) is 5.22. The van der Waals surface area contributed by atoms with Crippen LogP contribution in [0.25, 0.3) is 0 Å². The predicted octanol–water partition coefficient (Wildman–Crippen LogP) is 1.88. The van der Waals surface area contributed by atoms with Crippen LogP contribution in [0.4, 0.5) is 0 Å². The van der Waals surface area contributed by atoms with Crippen molar-refractivity contribution in [2.75, 3.05) is 38.2 Å². The summed E-state index contributed by atoms with van der Waals surface area (Å²) >= 11 is 5.29. The van der Waals surface area contributed by atoms with E-state index in [9.17, 15) is 18.3 Å². The van der Waals surface area contributed by atoms with Crippen LogP contribution in [-0.4, -0.2) is 87.2 Å². The maximum Gasteiger partial charge on any atom is 0.339 e. The topological polar surface area (TPSA) is 255 Å². The Morgan fingerprint density at radius 1 is 0.548 bits per heavy atom. The molecule has 238 valence electrons. The molecule has 8 N–H and O–H groups in total. The van der Waals surface area contributed by atoms with Crippen molar-refractivity contribution in [1.29, 1.82) is 0 Å². The third kappa shape index (κ3) is 17.5. The molecule has 0 atom stereocenters. The van der Waals surface area contributed by atoms with Crippen LogP contribution in [0.2, 0.25) is 0 Å². The highest BCUT2D eigenvalue weighted by Crippen LogP contribution is 2.42. The number of hydrogen-bond acceptors (Lipinski definition) is 9. The summed E-state index contributed by atoms with van der Waals surface area (Å²) in [7, 11) is -20.3. The van der Waals surface area contributed by atoms with E-state index >= 15 is 0 Å². The van der Waals surface area contributed by atoms with Gasteiger partial charge < -0.3 is 48.2 Å². The van der Waals surface area contributed by atoms with Gasteiger partial charge in [-0.2, -0.15) is 0 Å². The van der Waals surface area contributed by atoms with E-state index in [4.69, 9.17) is 60.0 Å². The van der Waals surface area contributed by atoms with Crippen LogP contribution in [0.5, 0.6) is 11.5 Å². The molecular formula is C20H33N2O14P5S. The molecule has 0 aliphatic heterocycles. The maximum atomic E-state index is 11.3. The fourth-order valence-electron chi connectivity index (χ4n) is 3.65. The molecule has 0 radical (unpaired) electrons. The fraction of sp³-hybridized carbons (Fsp3) is 0.400. The Kier molecular flexibility index (Phi) is 14.2. The Bertz CT molecular complexity index is 1220. The highest BCUT2D eigenvalue weighted by atomic mass is 32.4. The molecule has 16 nitrogen and oxygen atoms in total. The lowest BCUT2D eigenvalue weighted by molar-refractivity contribution is 0.277. The predicted molar refractivity (Wildman–Crippen MR) is 158 cm³/mol. The molecule has 0 saturated carbocycles. The van der Waals surface area contributed by atoms with Crippen molar-refractivity contribution in [2.45, 2.75) is 12.8 Å². The Balaban J connectivity index is 1.88. The smallest absolute Gasteiger partial charge is 0.339 e. The molecule has 2 aromatic carbocycles. The second-order valence-corrected chi connectivity index (χ2v) is 17.6. The Morgan fingerprint density at radius 2 is 0.810 bits per heavy atom.